The first-order chi connectivity index (χ1) is 9.69. The molecule has 1 aromatic carbocycles. The van der Waals surface area contributed by atoms with Crippen LogP contribution in [0, 0.1) is 11.3 Å². The summed E-state index contributed by atoms with van der Waals surface area (Å²) in [4.78, 5) is 14.3. The molecule has 20 heavy (non-hydrogen) atoms. The molecule has 0 spiro atoms. The number of nitrogens with one attached hydrogen (secondary N) is 1. The molecule has 106 valence electrons. The van der Waals surface area contributed by atoms with E-state index in [1.54, 1.807) is 18.2 Å². The maximum atomic E-state index is 11.9. The first kappa shape index (κ1) is 14.5. The SMILES string of the molecule is CN1CCCCC1CCC(=O)Nc1cccc(C#N)c1. The quantitative estimate of drug-likeness (QED) is 0.916. The summed E-state index contributed by atoms with van der Waals surface area (Å²) in [7, 11) is 2.14. The number of anilines is 1. The Morgan fingerprint density at radius 1 is 1.50 bits per heavy atom. The summed E-state index contributed by atoms with van der Waals surface area (Å²) < 4.78 is 0. The summed E-state index contributed by atoms with van der Waals surface area (Å²) in [5.74, 6) is 0.0269. The third kappa shape index (κ3) is 4.07. The van der Waals surface area contributed by atoms with Crippen LogP contribution in [0.5, 0.6) is 0 Å². The molecule has 1 N–H and O–H groups in total. The van der Waals surface area contributed by atoms with Crippen molar-refractivity contribution in [3.63, 3.8) is 0 Å². The van der Waals surface area contributed by atoms with E-state index in [4.69, 9.17) is 5.26 Å². The topological polar surface area (TPSA) is 56.1 Å². The number of piperidine rings is 1. The van der Waals surface area contributed by atoms with Gasteiger partial charge in [-0.05, 0) is 51.1 Å². The minimum atomic E-state index is 0.0269. The van der Waals surface area contributed by atoms with Crippen LogP contribution in [0.15, 0.2) is 24.3 Å². The molecule has 1 aliphatic heterocycles. The Labute approximate surface area is 120 Å². The first-order valence-electron chi connectivity index (χ1n) is 7.19. The van der Waals surface area contributed by atoms with Crippen molar-refractivity contribution in [2.75, 3.05) is 18.9 Å². The predicted octanol–water partition coefficient (Wildman–Crippen LogP) is 2.76. The first-order valence-corrected chi connectivity index (χ1v) is 7.19. The molecule has 1 fully saturated rings. The minimum absolute atomic E-state index is 0.0269. The molecule has 1 aliphatic rings. The number of amides is 1. The Bertz CT molecular complexity index is 507. The highest BCUT2D eigenvalue weighted by atomic mass is 16.1. The normalized spacial score (nSPS) is 19.3. The zero-order valence-electron chi connectivity index (χ0n) is 11.9. The van der Waals surface area contributed by atoms with Gasteiger partial charge in [-0.15, -0.1) is 0 Å². The van der Waals surface area contributed by atoms with E-state index in [-0.39, 0.29) is 5.91 Å². The molecule has 0 saturated carbocycles. The van der Waals surface area contributed by atoms with Crippen molar-refractivity contribution >= 4 is 11.6 Å². The van der Waals surface area contributed by atoms with Gasteiger partial charge in [0.2, 0.25) is 5.91 Å². The molecule has 0 bridgehead atoms. The van der Waals surface area contributed by atoms with Gasteiger partial charge in [-0.1, -0.05) is 12.5 Å². The number of carbonyl (C=O) groups is 1. The molecule has 0 aliphatic carbocycles. The standard InChI is InChI=1S/C16H21N3O/c1-19-10-3-2-7-15(19)8-9-16(20)18-14-6-4-5-13(11-14)12-17/h4-6,11,15H,2-3,7-10H2,1H3,(H,18,20). The van der Waals surface area contributed by atoms with Gasteiger partial charge in [0.25, 0.3) is 0 Å². The fourth-order valence-electron chi connectivity index (χ4n) is 2.70. The van der Waals surface area contributed by atoms with Crippen LogP contribution in [-0.4, -0.2) is 30.4 Å². The maximum Gasteiger partial charge on any atom is 0.224 e. The van der Waals surface area contributed by atoms with Gasteiger partial charge < -0.3 is 10.2 Å². The van der Waals surface area contributed by atoms with E-state index in [9.17, 15) is 4.79 Å². The van der Waals surface area contributed by atoms with Crippen molar-refractivity contribution in [1.29, 1.82) is 5.26 Å². The van der Waals surface area contributed by atoms with E-state index < -0.39 is 0 Å². The molecule has 1 unspecified atom stereocenters. The third-order valence-corrected chi connectivity index (χ3v) is 3.90. The van der Waals surface area contributed by atoms with Crippen molar-refractivity contribution in [2.45, 2.75) is 38.1 Å². The number of carbonyl (C=O) groups excluding carboxylic acids is 1. The molecule has 1 saturated heterocycles. The lowest BCUT2D eigenvalue weighted by Gasteiger charge is -2.32. The van der Waals surface area contributed by atoms with Gasteiger partial charge >= 0.3 is 0 Å². The summed E-state index contributed by atoms with van der Waals surface area (Å²) in [6, 6.07) is 9.62. The third-order valence-electron chi connectivity index (χ3n) is 3.90. The van der Waals surface area contributed by atoms with Crippen LogP contribution in [0.1, 0.15) is 37.7 Å². The lowest BCUT2D eigenvalue weighted by molar-refractivity contribution is -0.116. The maximum absolute atomic E-state index is 11.9. The van der Waals surface area contributed by atoms with Crippen LogP contribution in [0.4, 0.5) is 5.69 Å². The predicted molar refractivity (Wildman–Crippen MR) is 79.3 cm³/mol. The number of nitrogens with zero attached hydrogens (tertiary/aromatic N) is 2. The molecule has 4 nitrogen and oxygen atoms in total. The Kier molecular flexibility index (Phi) is 5.14. The number of hydrogen-bond donors (Lipinski definition) is 1. The van der Waals surface area contributed by atoms with E-state index >= 15 is 0 Å². The fraction of sp³-hybridized carbons (Fsp3) is 0.500. The second kappa shape index (κ2) is 7.06. The molecule has 2 rings (SSSR count). The minimum Gasteiger partial charge on any atom is -0.326 e. The van der Waals surface area contributed by atoms with E-state index in [0.717, 1.165) is 13.0 Å². The van der Waals surface area contributed by atoms with Crippen molar-refractivity contribution in [2.24, 2.45) is 0 Å². The summed E-state index contributed by atoms with van der Waals surface area (Å²) in [5.41, 5.74) is 1.26. The number of likely N-dealkylation sites (tertiary alicyclic amines) is 1. The Balaban J connectivity index is 1.81. The van der Waals surface area contributed by atoms with Crippen LogP contribution < -0.4 is 5.32 Å². The highest BCUT2D eigenvalue weighted by molar-refractivity contribution is 5.90. The zero-order chi connectivity index (χ0) is 14.4. The van der Waals surface area contributed by atoms with Gasteiger partial charge in [-0.25, -0.2) is 0 Å². The van der Waals surface area contributed by atoms with Crippen LogP contribution in [-0.2, 0) is 4.79 Å². The molecule has 0 radical (unpaired) electrons. The van der Waals surface area contributed by atoms with Crippen molar-refractivity contribution in [3.8, 4) is 6.07 Å². The molecular formula is C16H21N3O. The second-order valence-electron chi connectivity index (χ2n) is 5.41. The molecular weight excluding hydrogens is 250 g/mol. The highest BCUT2D eigenvalue weighted by Crippen LogP contribution is 2.19. The van der Waals surface area contributed by atoms with E-state index in [2.05, 4.69) is 23.3 Å². The number of benzene rings is 1. The fourth-order valence-corrected chi connectivity index (χ4v) is 2.70. The van der Waals surface area contributed by atoms with Crippen LogP contribution in [0.25, 0.3) is 0 Å². The van der Waals surface area contributed by atoms with Crippen molar-refractivity contribution in [3.05, 3.63) is 29.8 Å². The molecule has 0 aromatic heterocycles. The smallest absolute Gasteiger partial charge is 0.224 e. The largest absolute Gasteiger partial charge is 0.326 e. The van der Waals surface area contributed by atoms with Crippen molar-refractivity contribution < 1.29 is 4.79 Å². The monoisotopic (exact) mass is 271 g/mol. The molecule has 1 atom stereocenters. The van der Waals surface area contributed by atoms with Crippen LogP contribution >= 0.6 is 0 Å². The van der Waals surface area contributed by atoms with Crippen LogP contribution in [0.2, 0.25) is 0 Å². The molecule has 1 aromatic rings. The Hall–Kier alpha value is -1.86. The number of rotatable bonds is 4. The van der Waals surface area contributed by atoms with Gasteiger partial charge in [0.15, 0.2) is 0 Å². The summed E-state index contributed by atoms with van der Waals surface area (Å²) in [6.45, 7) is 1.14. The molecule has 1 heterocycles. The van der Waals surface area contributed by atoms with Gasteiger partial charge in [0, 0.05) is 18.2 Å². The number of nitriles is 1. The van der Waals surface area contributed by atoms with E-state index in [1.807, 2.05) is 6.07 Å². The summed E-state index contributed by atoms with van der Waals surface area (Å²) in [6.07, 6.45) is 5.15. The number of hydrogen-bond acceptors (Lipinski definition) is 3. The van der Waals surface area contributed by atoms with Gasteiger partial charge in [0.05, 0.1) is 11.6 Å². The second-order valence-corrected chi connectivity index (χ2v) is 5.41. The highest BCUT2D eigenvalue weighted by Gasteiger charge is 2.19. The Morgan fingerprint density at radius 3 is 3.10 bits per heavy atom. The molecule has 1 amide bonds. The Morgan fingerprint density at radius 2 is 2.35 bits per heavy atom. The van der Waals surface area contributed by atoms with Crippen LogP contribution in [0.3, 0.4) is 0 Å². The van der Waals surface area contributed by atoms with Gasteiger partial charge in [-0.3, -0.25) is 4.79 Å². The lowest BCUT2D eigenvalue weighted by Crippen LogP contribution is -2.36. The van der Waals surface area contributed by atoms with Gasteiger partial charge in [0.1, 0.15) is 0 Å². The average Bonchev–Trinajstić information content (AvgIpc) is 2.46. The zero-order valence-corrected chi connectivity index (χ0v) is 11.9. The lowest BCUT2D eigenvalue weighted by atomic mass is 9.98. The van der Waals surface area contributed by atoms with Crippen molar-refractivity contribution in [1.82, 2.24) is 4.90 Å². The van der Waals surface area contributed by atoms with E-state index in [1.165, 1.54) is 19.3 Å². The molecule has 4 heteroatoms. The van der Waals surface area contributed by atoms with E-state index in [0.29, 0.717) is 23.7 Å². The summed E-state index contributed by atoms with van der Waals surface area (Å²) >= 11 is 0. The van der Waals surface area contributed by atoms with Gasteiger partial charge in [-0.2, -0.15) is 5.26 Å². The summed E-state index contributed by atoms with van der Waals surface area (Å²) in [5, 5.41) is 11.7. The average molecular weight is 271 g/mol.